The first-order chi connectivity index (χ1) is 21.4. The van der Waals surface area contributed by atoms with E-state index < -0.39 is 28.7 Å². The Kier molecular flexibility index (Phi) is 7.01. The largest absolute Gasteiger partial charge is 0.417 e. The molecule has 4 aromatic rings. The summed E-state index contributed by atoms with van der Waals surface area (Å²) >= 11 is 1.28. The molecule has 4 heterocycles. The van der Waals surface area contributed by atoms with Gasteiger partial charge < -0.3 is 14.5 Å². The summed E-state index contributed by atoms with van der Waals surface area (Å²) < 4.78 is 67.5. The van der Waals surface area contributed by atoms with Crippen LogP contribution in [-0.4, -0.2) is 64.5 Å². The smallest absolute Gasteiger partial charge is 0.380 e. The van der Waals surface area contributed by atoms with Crippen LogP contribution in [0.25, 0.3) is 32.8 Å². The first kappa shape index (κ1) is 29.8. The molecule has 0 saturated carbocycles. The maximum atomic E-state index is 15.2. The topological polar surface area (TPSA) is 67.7 Å². The fourth-order valence-electron chi connectivity index (χ4n) is 7.10. The van der Waals surface area contributed by atoms with Crippen LogP contribution in [0.2, 0.25) is 0 Å². The Hall–Kier alpha value is -3.90. The van der Waals surface area contributed by atoms with Gasteiger partial charge in [0.2, 0.25) is 5.91 Å². The number of hydrogen-bond acceptors (Lipinski definition) is 6. The summed E-state index contributed by atoms with van der Waals surface area (Å²) in [5.41, 5.74) is -1.36. The lowest BCUT2D eigenvalue weighted by Crippen LogP contribution is -2.58. The number of rotatable bonds is 3. The van der Waals surface area contributed by atoms with Crippen molar-refractivity contribution < 1.29 is 27.1 Å². The van der Waals surface area contributed by atoms with Crippen LogP contribution in [0.5, 0.6) is 0 Å². The number of piperazine rings is 1. The Morgan fingerprint density at radius 3 is 2.40 bits per heavy atom. The zero-order chi connectivity index (χ0) is 31.8. The SMILES string of the molecule is C=CC(=O)N1[C@H](C)CN(c2nc(=O)n3c4c(c(-c5ccc(F)c6ccccc56)c(C(F)(F)F)cc24)SCC2(COC2)C3)C[C@@H]1C. The molecule has 0 radical (unpaired) electrons. The highest BCUT2D eigenvalue weighted by molar-refractivity contribution is 7.99. The number of carbonyl (C=O) groups excluding carboxylic acids is 1. The molecule has 3 aliphatic rings. The molecule has 3 aromatic carbocycles. The molecular weight excluding hydrogens is 608 g/mol. The van der Waals surface area contributed by atoms with Crippen LogP contribution in [0.3, 0.4) is 0 Å². The quantitative estimate of drug-likeness (QED) is 0.199. The minimum absolute atomic E-state index is 0.0815. The van der Waals surface area contributed by atoms with Crippen molar-refractivity contribution in [3.8, 4) is 11.1 Å². The number of benzene rings is 3. The standard InChI is InChI=1S/C33H30F4N4O3S/c1-4-26(42)41-18(2)12-39(13-19(41)3)30-23-11-24(33(35,36)37)27(22-9-10-25(34)21-8-6-5-7-20(21)22)29-28(23)40(31(43)38-30)14-32(17-45-29)15-44-16-32/h4-11,18-19H,1,12-17H2,2-3H3/t18-,19+. The maximum Gasteiger partial charge on any atom is 0.417 e. The summed E-state index contributed by atoms with van der Waals surface area (Å²) in [6, 6.07) is 9.52. The third-order valence-corrected chi connectivity index (χ3v) is 10.6. The van der Waals surface area contributed by atoms with Gasteiger partial charge in [-0.25, -0.2) is 9.18 Å². The molecule has 3 aliphatic heterocycles. The molecule has 0 aliphatic carbocycles. The Morgan fingerprint density at radius 1 is 1.09 bits per heavy atom. The molecule has 7 rings (SSSR count). The zero-order valence-electron chi connectivity index (χ0n) is 24.7. The van der Waals surface area contributed by atoms with Gasteiger partial charge in [-0.3, -0.25) is 9.36 Å². The van der Waals surface area contributed by atoms with E-state index in [1.165, 1.54) is 34.5 Å². The third kappa shape index (κ3) is 4.72. The molecular formula is C33H30F4N4O3S. The summed E-state index contributed by atoms with van der Waals surface area (Å²) in [6.45, 7) is 8.82. The van der Waals surface area contributed by atoms with Crippen LogP contribution in [-0.2, 0) is 22.3 Å². The van der Waals surface area contributed by atoms with Crippen molar-refractivity contribution in [2.45, 2.75) is 43.5 Å². The summed E-state index contributed by atoms with van der Waals surface area (Å²) in [7, 11) is 0. The summed E-state index contributed by atoms with van der Waals surface area (Å²) in [5.74, 6) is -0.189. The predicted molar refractivity (Wildman–Crippen MR) is 166 cm³/mol. The lowest BCUT2D eigenvalue weighted by Gasteiger charge is -2.44. The highest BCUT2D eigenvalue weighted by atomic mass is 32.2. The van der Waals surface area contributed by atoms with Crippen LogP contribution in [0, 0.1) is 11.2 Å². The van der Waals surface area contributed by atoms with E-state index in [1.54, 1.807) is 34.1 Å². The Labute approximate surface area is 260 Å². The molecule has 45 heavy (non-hydrogen) atoms. The van der Waals surface area contributed by atoms with Crippen molar-refractivity contribution >= 4 is 45.2 Å². The molecule has 2 atom stereocenters. The highest BCUT2D eigenvalue weighted by Gasteiger charge is 2.45. The summed E-state index contributed by atoms with van der Waals surface area (Å²) in [6.07, 6.45) is -3.54. The van der Waals surface area contributed by atoms with Crippen molar-refractivity contribution in [1.82, 2.24) is 14.5 Å². The molecule has 234 valence electrons. The highest BCUT2D eigenvalue weighted by Crippen LogP contribution is 2.52. The van der Waals surface area contributed by atoms with Crippen LogP contribution in [0.1, 0.15) is 19.4 Å². The third-order valence-electron chi connectivity index (χ3n) is 9.12. The number of ether oxygens (including phenoxy) is 1. The molecule has 0 unspecified atom stereocenters. The minimum atomic E-state index is -4.78. The second-order valence-electron chi connectivity index (χ2n) is 12.3. The second kappa shape index (κ2) is 10.6. The van der Waals surface area contributed by atoms with E-state index in [2.05, 4.69) is 11.6 Å². The number of halogens is 4. The maximum absolute atomic E-state index is 15.2. The number of fused-ring (bicyclic) bond motifs is 1. The molecule has 7 nitrogen and oxygen atoms in total. The Balaban J connectivity index is 1.54. The van der Waals surface area contributed by atoms with Gasteiger partial charge in [-0.2, -0.15) is 18.2 Å². The molecule has 2 fully saturated rings. The monoisotopic (exact) mass is 638 g/mol. The minimum Gasteiger partial charge on any atom is -0.380 e. The lowest BCUT2D eigenvalue weighted by atomic mass is 9.88. The average molecular weight is 639 g/mol. The van der Waals surface area contributed by atoms with Gasteiger partial charge in [-0.15, -0.1) is 11.8 Å². The summed E-state index contributed by atoms with van der Waals surface area (Å²) in [4.78, 5) is 34.7. The van der Waals surface area contributed by atoms with E-state index in [4.69, 9.17) is 4.74 Å². The van der Waals surface area contributed by atoms with Gasteiger partial charge in [-0.05, 0) is 43.0 Å². The lowest BCUT2D eigenvalue weighted by molar-refractivity contribution is -0.137. The number of alkyl halides is 3. The van der Waals surface area contributed by atoms with Gasteiger partial charge in [0.05, 0.1) is 24.3 Å². The number of thioether (sulfide) groups is 1. The van der Waals surface area contributed by atoms with E-state index in [-0.39, 0.29) is 65.3 Å². The number of nitrogens with zero attached hydrogens (tertiary/aromatic N) is 4. The molecule has 12 heteroatoms. The number of aromatic nitrogens is 2. The summed E-state index contributed by atoms with van der Waals surface area (Å²) in [5, 5.41) is 0.763. The van der Waals surface area contributed by atoms with E-state index in [0.717, 1.165) is 6.07 Å². The fourth-order valence-corrected chi connectivity index (χ4v) is 8.53. The molecule has 1 aromatic heterocycles. The molecule has 1 amide bonds. The van der Waals surface area contributed by atoms with Crippen LogP contribution < -0.4 is 10.6 Å². The second-order valence-corrected chi connectivity index (χ2v) is 13.3. The van der Waals surface area contributed by atoms with Gasteiger partial charge in [0.25, 0.3) is 0 Å². The van der Waals surface area contributed by atoms with Crippen molar-refractivity contribution in [2.75, 3.05) is 37.0 Å². The van der Waals surface area contributed by atoms with Gasteiger partial charge in [0.15, 0.2) is 0 Å². The van der Waals surface area contributed by atoms with Crippen LogP contribution >= 0.6 is 11.8 Å². The number of amides is 1. The first-order valence-electron chi connectivity index (χ1n) is 14.7. The van der Waals surface area contributed by atoms with Gasteiger partial charge in [0, 0.05) is 64.1 Å². The van der Waals surface area contributed by atoms with Crippen molar-refractivity contribution in [1.29, 1.82) is 0 Å². The van der Waals surface area contributed by atoms with Gasteiger partial charge in [-0.1, -0.05) is 36.9 Å². The molecule has 2 saturated heterocycles. The van der Waals surface area contributed by atoms with Crippen molar-refractivity contribution in [3.05, 3.63) is 77.0 Å². The van der Waals surface area contributed by atoms with Crippen LogP contribution in [0.4, 0.5) is 23.4 Å². The van der Waals surface area contributed by atoms with E-state index in [1.807, 2.05) is 13.8 Å². The van der Waals surface area contributed by atoms with Crippen LogP contribution in [0.15, 0.2) is 64.8 Å². The van der Waals surface area contributed by atoms with E-state index in [9.17, 15) is 14.0 Å². The molecule has 0 bridgehead atoms. The average Bonchev–Trinajstić information content (AvgIpc) is 3.17. The Bertz CT molecular complexity index is 1940. The van der Waals surface area contributed by atoms with E-state index >= 15 is 13.2 Å². The van der Waals surface area contributed by atoms with E-state index in [0.29, 0.717) is 34.8 Å². The van der Waals surface area contributed by atoms with Gasteiger partial charge >= 0.3 is 11.9 Å². The normalized spacial score (nSPS) is 21.2. The zero-order valence-corrected chi connectivity index (χ0v) is 25.5. The fraction of sp³-hybridized carbons (Fsp3) is 0.364. The Morgan fingerprint density at radius 2 is 1.78 bits per heavy atom. The first-order valence-corrected chi connectivity index (χ1v) is 15.7. The molecule has 0 N–H and O–H groups in total. The van der Waals surface area contributed by atoms with Gasteiger partial charge in [0.1, 0.15) is 11.6 Å². The molecule has 1 spiro atoms. The van der Waals surface area contributed by atoms with Crippen molar-refractivity contribution in [2.24, 2.45) is 5.41 Å². The predicted octanol–water partition coefficient (Wildman–Crippen LogP) is 6.11. The number of anilines is 1. The number of carbonyl (C=O) groups is 1. The number of hydrogen-bond donors (Lipinski definition) is 0. The van der Waals surface area contributed by atoms with Crippen molar-refractivity contribution in [3.63, 3.8) is 0 Å².